The minimum atomic E-state index is 0.877. The molecule has 0 saturated carbocycles. The van der Waals surface area contributed by atoms with Gasteiger partial charge >= 0.3 is 0 Å². The smallest absolute Gasteiger partial charge is 0.0349 e. The van der Waals surface area contributed by atoms with Gasteiger partial charge < -0.3 is 5.73 Å². The highest BCUT2D eigenvalue weighted by Crippen LogP contribution is 2.16. The van der Waals surface area contributed by atoms with Gasteiger partial charge in [0.15, 0.2) is 0 Å². The Labute approximate surface area is 96.9 Å². The Hall–Kier alpha value is -1.76. The molecule has 0 atom stereocenters. The number of nitrogens with two attached hydrogens (primary N) is 1. The van der Waals surface area contributed by atoms with E-state index in [9.17, 15) is 0 Å². The van der Waals surface area contributed by atoms with Gasteiger partial charge in [-0.3, -0.25) is 0 Å². The average molecular weight is 211 g/mol. The summed E-state index contributed by atoms with van der Waals surface area (Å²) in [5.74, 6) is 0. The Morgan fingerprint density at radius 1 is 0.875 bits per heavy atom. The van der Waals surface area contributed by atoms with Crippen LogP contribution in [-0.2, 0) is 12.8 Å². The number of aryl methyl sites for hydroxylation is 1. The molecule has 0 saturated heterocycles. The largest absolute Gasteiger partial charge is 0.398 e. The third-order valence-electron chi connectivity index (χ3n) is 2.88. The van der Waals surface area contributed by atoms with E-state index in [1.54, 1.807) is 0 Å². The van der Waals surface area contributed by atoms with Crippen LogP contribution in [0.5, 0.6) is 0 Å². The quantitative estimate of drug-likeness (QED) is 0.773. The zero-order valence-corrected chi connectivity index (χ0v) is 9.61. The van der Waals surface area contributed by atoms with Gasteiger partial charge in [-0.1, -0.05) is 49.4 Å². The second-order valence-corrected chi connectivity index (χ2v) is 4.05. The fraction of sp³-hybridized carbons (Fsp3) is 0.200. The SMILES string of the molecule is CCc1ccc(Cc2ccccc2N)cc1. The Morgan fingerprint density at radius 3 is 2.12 bits per heavy atom. The lowest BCUT2D eigenvalue weighted by atomic mass is 10.0. The number of anilines is 1. The van der Waals surface area contributed by atoms with Gasteiger partial charge in [-0.05, 0) is 35.6 Å². The van der Waals surface area contributed by atoms with Crippen molar-refractivity contribution in [3.63, 3.8) is 0 Å². The summed E-state index contributed by atoms with van der Waals surface area (Å²) < 4.78 is 0. The van der Waals surface area contributed by atoms with Crippen LogP contribution in [0.15, 0.2) is 48.5 Å². The lowest BCUT2D eigenvalue weighted by Crippen LogP contribution is -1.95. The Kier molecular flexibility index (Phi) is 3.25. The Bertz CT molecular complexity index is 457. The predicted octanol–water partition coefficient (Wildman–Crippen LogP) is 3.42. The molecule has 0 aliphatic heterocycles. The van der Waals surface area contributed by atoms with Gasteiger partial charge in [0.05, 0.1) is 0 Å². The van der Waals surface area contributed by atoms with Gasteiger partial charge in [0.25, 0.3) is 0 Å². The summed E-state index contributed by atoms with van der Waals surface area (Å²) in [6.45, 7) is 2.17. The number of nitrogen functional groups attached to an aromatic ring is 1. The molecule has 0 amide bonds. The summed E-state index contributed by atoms with van der Waals surface area (Å²) in [4.78, 5) is 0. The first-order chi connectivity index (χ1) is 7.79. The molecule has 0 aromatic heterocycles. The predicted molar refractivity (Wildman–Crippen MR) is 69.5 cm³/mol. The second-order valence-electron chi connectivity index (χ2n) is 4.05. The van der Waals surface area contributed by atoms with Gasteiger partial charge in [-0.25, -0.2) is 0 Å². The van der Waals surface area contributed by atoms with E-state index in [4.69, 9.17) is 5.73 Å². The molecule has 82 valence electrons. The molecule has 0 fully saturated rings. The molecule has 2 aromatic carbocycles. The fourth-order valence-corrected chi connectivity index (χ4v) is 1.81. The van der Waals surface area contributed by atoms with Crippen molar-refractivity contribution in [1.29, 1.82) is 0 Å². The van der Waals surface area contributed by atoms with Crippen molar-refractivity contribution < 1.29 is 0 Å². The molecule has 0 spiro atoms. The van der Waals surface area contributed by atoms with Crippen molar-refractivity contribution in [2.24, 2.45) is 0 Å². The maximum atomic E-state index is 5.92. The molecule has 0 aliphatic carbocycles. The van der Waals surface area contributed by atoms with Crippen LogP contribution in [0.2, 0.25) is 0 Å². The lowest BCUT2D eigenvalue weighted by Gasteiger charge is -2.06. The summed E-state index contributed by atoms with van der Waals surface area (Å²) in [6, 6.07) is 16.8. The molecule has 2 N–H and O–H groups in total. The van der Waals surface area contributed by atoms with E-state index in [-0.39, 0.29) is 0 Å². The number of rotatable bonds is 3. The maximum Gasteiger partial charge on any atom is 0.0349 e. The van der Waals surface area contributed by atoms with Gasteiger partial charge in [-0.2, -0.15) is 0 Å². The first kappa shape index (κ1) is 10.7. The molecular weight excluding hydrogens is 194 g/mol. The van der Waals surface area contributed by atoms with Gasteiger partial charge in [0, 0.05) is 5.69 Å². The highest BCUT2D eigenvalue weighted by molar-refractivity contribution is 5.48. The molecule has 16 heavy (non-hydrogen) atoms. The zero-order chi connectivity index (χ0) is 11.4. The minimum absolute atomic E-state index is 0.877. The van der Waals surface area contributed by atoms with E-state index in [0.29, 0.717) is 0 Å². The third-order valence-corrected chi connectivity index (χ3v) is 2.88. The van der Waals surface area contributed by atoms with Crippen molar-refractivity contribution in [2.75, 3.05) is 5.73 Å². The van der Waals surface area contributed by atoms with Crippen LogP contribution in [0.4, 0.5) is 5.69 Å². The Balaban J connectivity index is 2.18. The third kappa shape index (κ3) is 2.43. The molecule has 1 nitrogen and oxygen atoms in total. The van der Waals surface area contributed by atoms with E-state index in [1.165, 1.54) is 16.7 Å². The number of hydrogen-bond donors (Lipinski definition) is 1. The average Bonchev–Trinajstić information content (AvgIpc) is 2.33. The van der Waals surface area contributed by atoms with Crippen LogP contribution in [0.1, 0.15) is 23.6 Å². The standard InChI is InChI=1S/C15H17N/c1-2-12-7-9-13(10-8-12)11-14-5-3-4-6-15(14)16/h3-10H,2,11,16H2,1H3. The van der Waals surface area contributed by atoms with Crippen molar-refractivity contribution >= 4 is 5.69 Å². The number of hydrogen-bond acceptors (Lipinski definition) is 1. The first-order valence-corrected chi connectivity index (χ1v) is 5.71. The van der Waals surface area contributed by atoms with Crippen LogP contribution in [0.25, 0.3) is 0 Å². The first-order valence-electron chi connectivity index (χ1n) is 5.71. The molecule has 0 aliphatic rings. The molecule has 0 bridgehead atoms. The highest BCUT2D eigenvalue weighted by Gasteiger charge is 1.99. The van der Waals surface area contributed by atoms with E-state index < -0.39 is 0 Å². The van der Waals surface area contributed by atoms with Crippen LogP contribution < -0.4 is 5.73 Å². The number of benzene rings is 2. The molecule has 2 aromatic rings. The van der Waals surface area contributed by atoms with Gasteiger partial charge in [0.2, 0.25) is 0 Å². The molecule has 0 unspecified atom stereocenters. The fourth-order valence-electron chi connectivity index (χ4n) is 1.81. The summed E-state index contributed by atoms with van der Waals surface area (Å²) in [6.07, 6.45) is 2.00. The summed E-state index contributed by atoms with van der Waals surface area (Å²) >= 11 is 0. The van der Waals surface area contributed by atoms with E-state index >= 15 is 0 Å². The van der Waals surface area contributed by atoms with Crippen LogP contribution in [0.3, 0.4) is 0 Å². The van der Waals surface area contributed by atoms with E-state index in [2.05, 4.69) is 37.3 Å². The van der Waals surface area contributed by atoms with Gasteiger partial charge in [-0.15, -0.1) is 0 Å². The minimum Gasteiger partial charge on any atom is -0.398 e. The molecule has 0 radical (unpaired) electrons. The van der Waals surface area contributed by atoms with Crippen molar-refractivity contribution in [2.45, 2.75) is 19.8 Å². The van der Waals surface area contributed by atoms with Crippen LogP contribution >= 0.6 is 0 Å². The lowest BCUT2D eigenvalue weighted by molar-refractivity contribution is 1.12. The second kappa shape index (κ2) is 4.84. The van der Waals surface area contributed by atoms with E-state index in [0.717, 1.165) is 18.5 Å². The number of para-hydroxylation sites is 1. The van der Waals surface area contributed by atoms with Crippen molar-refractivity contribution in [3.8, 4) is 0 Å². The van der Waals surface area contributed by atoms with E-state index in [1.807, 2.05) is 18.2 Å². The zero-order valence-electron chi connectivity index (χ0n) is 9.61. The summed E-state index contributed by atoms with van der Waals surface area (Å²) in [5.41, 5.74) is 10.7. The molecular formula is C15H17N. The van der Waals surface area contributed by atoms with Crippen LogP contribution in [-0.4, -0.2) is 0 Å². The molecule has 0 heterocycles. The van der Waals surface area contributed by atoms with Gasteiger partial charge in [0.1, 0.15) is 0 Å². The normalized spacial score (nSPS) is 10.3. The molecule has 1 heteroatoms. The highest BCUT2D eigenvalue weighted by atomic mass is 14.6. The van der Waals surface area contributed by atoms with Crippen molar-refractivity contribution in [3.05, 3.63) is 65.2 Å². The van der Waals surface area contributed by atoms with Crippen LogP contribution in [0, 0.1) is 0 Å². The monoisotopic (exact) mass is 211 g/mol. The van der Waals surface area contributed by atoms with Crippen molar-refractivity contribution in [1.82, 2.24) is 0 Å². The summed E-state index contributed by atoms with van der Waals surface area (Å²) in [7, 11) is 0. The molecule has 2 rings (SSSR count). The topological polar surface area (TPSA) is 26.0 Å². The maximum absolute atomic E-state index is 5.92. The summed E-state index contributed by atoms with van der Waals surface area (Å²) in [5, 5.41) is 0. The Morgan fingerprint density at radius 2 is 1.50 bits per heavy atom.